The quantitative estimate of drug-likeness (QED) is 0.875. The number of carboxylic acid groups (broad SMARTS) is 1. The molecule has 5 nitrogen and oxygen atoms in total. The molecule has 0 radical (unpaired) electrons. The zero-order valence-electron chi connectivity index (χ0n) is 11.8. The third-order valence-corrected chi connectivity index (χ3v) is 3.28. The molecule has 1 aromatic carbocycles. The number of nitrogens with zero attached hydrogens (tertiary/aromatic N) is 1. The zero-order valence-corrected chi connectivity index (χ0v) is 12.6. The van der Waals surface area contributed by atoms with Gasteiger partial charge in [-0.2, -0.15) is 0 Å². The second kappa shape index (κ2) is 7.14. The normalized spacial score (nSPS) is 10.4. The molecule has 0 aliphatic rings. The largest absolute Gasteiger partial charge is 0.481 e. The van der Waals surface area contributed by atoms with E-state index in [1.165, 1.54) is 4.90 Å². The second-order valence-corrected chi connectivity index (χ2v) is 5.23. The Balaban J connectivity index is 2.74. The number of aliphatic carboxylic acids is 1. The Morgan fingerprint density at radius 2 is 2.05 bits per heavy atom. The minimum atomic E-state index is -0.929. The molecule has 1 aromatic rings. The molecule has 2 amide bonds. The third-order valence-electron chi connectivity index (χ3n) is 2.87. The molecule has 0 bridgehead atoms. The van der Waals surface area contributed by atoms with Crippen molar-refractivity contribution in [2.45, 2.75) is 33.2 Å². The van der Waals surface area contributed by atoms with Crippen LogP contribution in [0.3, 0.4) is 0 Å². The lowest BCUT2D eigenvalue weighted by atomic mass is 10.2. The molecule has 0 atom stereocenters. The van der Waals surface area contributed by atoms with Crippen molar-refractivity contribution in [1.29, 1.82) is 0 Å². The first kappa shape index (κ1) is 16.3. The molecule has 0 fully saturated rings. The van der Waals surface area contributed by atoms with Crippen LogP contribution in [0.2, 0.25) is 5.02 Å². The molecule has 0 aromatic heterocycles. The zero-order chi connectivity index (χ0) is 15.3. The van der Waals surface area contributed by atoms with Gasteiger partial charge in [0.1, 0.15) is 0 Å². The molecule has 110 valence electrons. The lowest BCUT2D eigenvalue weighted by Crippen LogP contribution is -2.41. The molecular weight excluding hydrogens is 280 g/mol. The van der Waals surface area contributed by atoms with Gasteiger partial charge in [0.25, 0.3) is 0 Å². The van der Waals surface area contributed by atoms with Crippen LogP contribution in [0, 0.1) is 6.92 Å². The number of rotatable bonds is 5. The number of benzene rings is 1. The van der Waals surface area contributed by atoms with Crippen LogP contribution < -0.4 is 5.32 Å². The van der Waals surface area contributed by atoms with E-state index in [9.17, 15) is 9.59 Å². The number of anilines is 1. The fourth-order valence-corrected chi connectivity index (χ4v) is 1.86. The minimum absolute atomic E-state index is 0.0831. The summed E-state index contributed by atoms with van der Waals surface area (Å²) >= 11 is 6.00. The summed E-state index contributed by atoms with van der Waals surface area (Å²) in [5.41, 5.74) is 1.52. The first-order valence-electron chi connectivity index (χ1n) is 6.37. The van der Waals surface area contributed by atoms with E-state index in [1.54, 1.807) is 12.1 Å². The number of hydrogen-bond donors (Lipinski definition) is 2. The molecule has 1 rings (SSSR count). The van der Waals surface area contributed by atoms with Gasteiger partial charge in [-0.3, -0.25) is 4.79 Å². The molecule has 6 heteroatoms. The van der Waals surface area contributed by atoms with Gasteiger partial charge in [-0.1, -0.05) is 17.7 Å². The van der Waals surface area contributed by atoms with Crippen molar-refractivity contribution in [3.63, 3.8) is 0 Å². The van der Waals surface area contributed by atoms with Crippen LogP contribution in [0.25, 0.3) is 0 Å². The van der Waals surface area contributed by atoms with Gasteiger partial charge in [0, 0.05) is 23.3 Å². The molecule has 0 heterocycles. The minimum Gasteiger partial charge on any atom is -0.481 e. The van der Waals surface area contributed by atoms with E-state index in [2.05, 4.69) is 5.32 Å². The highest BCUT2D eigenvalue weighted by Gasteiger charge is 2.18. The van der Waals surface area contributed by atoms with E-state index >= 15 is 0 Å². The first-order valence-corrected chi connectivity index (χ1v) is 6.74. The predicted octanol–water partition coefficient (Wildman–Crippen LogP) is 3.37. The molecule has 0 aliphatic carbocycles. The summed E-state index contributed by atoms with van der Waals surface area (Å²) in [5, 5.41) is 12.0. The van der Waals surface area contributed by atoms with Crippen LogP contribution in [0.4, 0.5) is 10.5 Å². The van der Waals surface area contributed by atoms with Crippen LogP contribution in [0.15, 0.2) is 18.2 Å². The summed E-state index contributed by atoms with van der Waals surface area (Å²) in [7, 11) is 0. The van der Waals surface area contributed by atoms with Gasteiger partial charge in [0.15, 0.2) is 0 Å². The van der Waals surface area contributed by atoms with Crippen LogP contribution in [0.5, 0.6) is 0 Å². The smallest absolute Gasteiger partial charge is 0.322 e. The highest BCUT2D eigenvalue weighted by molar-refractivity contribution is 6.31. The Morgan fingerprint density at radius 3 is 2.55 bits per heavy atom. The van der Waals surface area contributed by atoms with E-state index in [4.69, 9.17) is 16.7 Å². The maximum Gasteiger partial charge on any atom is 0.322 e. The summed E-state index contributed by atoms with van der Waals surface area (Å²) in [6, 6.07) is 4.82. The molecule has 20 heavy (non-hydrogen) atoms. The van der Waals surface area contributed by atoms with Gasteiger partial charge in [-0.05, 0) is 38.5 Å². The number of carbonyl (C=O) groups excluding carboxylic acids is 1. The van der Waals surface area contributed by atoms with E-state index in [0.717, 1.165) is 5.56 Å². The maximum absolute atomic E-state index is 12.1. The van der Waals surface area contributed by atoms with E-state index in [0.29, 0.717) is 10.7 Å². The molecule has 0 aliphatic heterocycles. The van der Waals surface area contributed by atoms with Crippen molar-refractivity contribution in [1.82, 2.24) is 4.90 Å². The van der Waals surface area contributed by atoms with Crippen LogP contribution in [0.1, 0.15) is 25.8 Å². The number of nitrogens with one attached hydrogen (secondary N) is 1. The topological polar surface area (TPSA) is 69.6 Å². The number of carbonyl (C=O) groups is 2. The number of carboxylic acids is 1. The van der Waals surface area contributed by atoms with E-state index in [1.807, 2.05) is 26.8 Å². The van der Waals surface area contributed by atoms with E-state index < -0.39 is 5.97 Å². The maximum atomic E-state index is 12.1. The molecule has 0 unspecified atom stereocenters. The Bertz CT molecular complexity index is 503. The lowest BCUT2D eigenvalue weighted by molar-refractivity contribution is -0.137. The van der Waals surface area contributed by atoms with Crippen LogP contribution in [-0.2, 0) is 4.79 Å². The summed E-state index contributed by atoms with van der Waals surface area (Å²) < 4.78 is 0. The van der Waals surface area contributed by atoms with Crippen molar-refractivity contribution >= 4 is 29.3 Å². The van der Waals surface area contributed by atoms with Gasteiger partial charge in [-0.15, -0.1) is 0 Å². The van der Waals surface area contributed by atoms with Crippen molar-refractivity contribution in [2.24, 2.45) is 0 Å². The number of aryl methyl sites for hydroxylation is 1. The van der Waals surface area contributed by atoms with Gasteiger partial charge in [-0.25, -0.2) is 4.79 Å². The number of halogens is 1. The fourth-order valence-electron chi connectivity index (χ4n) is 1.68. The predicted molar refractivity (Wildman–Crippen MR) is 79.3 cm³/mol. The highest BCUT2D eigenvalue weighted by atomic mass is 35.5. The monoisotopic (exact) mass is 298 g/mol. The lowest BCUT2D eigenvalue weighted by Gasteiger charge is -2.26. The van der Waals surface area contributed by atoms with Crippen LogP contribution >= 0.6 is 11.6 Å². The average molecular weight is 299 g/mol. The Labute approximate surface area is 123 Å². The van der Waals surface area contributed by atoms with Crippen LogP contribution in [-0.4, -0.2) is 34.6 Å². The summed E-state index contributed by atoms with van der Waals surface area (Å²) in [5.74, 6) is -0.929. The van der Waals surface area contributed by atoms with Crippen molar-refractivity contribution in [3.05, 3.63) is 28.8 Å². The first-order chi connectivity index (χ1) is 9.31. The summed E-state index contributed by atoms with van der Waals surface area (Å²) in [6.45, 7) is 5.72. The van der Waals surface area contributed by atoms with Crippen molar-refractivity contribution in [2.75, 3.05) is 11.9 Å². The second-order valence-electron chi connectivity index (χ2n) is 4.82. The number of amides is 2. The number of urea groups is 1. The Hall–Kier alpha value is -1.75. The van der Waals surface area contributed by atoms with Crippen molar-refractivity contribution in [3.8, 4) is 0 Å². The fraction of sp³-hybridized carbons (Fsp3) is 0.429. The molecule has 0 saturated heterocycles. The average Bonchev–Trinajstić information content (AvgIpc) is 2.33. The molecule has 2 N–H and O–H groups in total. The van der Waals surface area contributed by atoms with Gasteiger partial charge < -0.3 is 15.3 Å². The van der Waals surface area contributed by atoms with E-state index in [-0.39, 0.29) is 25.0 Å². The summed E-state index contributed by atoms with van der Waals surface area (Å²) in [6.07, 6.45) is -0.0831. The summed E-state index contributed by atoms with van der Waals surface area (Å²) in [4.78, 5) is 24.2. The van der Waals surface area contributed by atoms with Gasteiger partial charge in [0.2, 0.25) is 0 Å². The molecule has 0 spiro atoms. The Kier molecular flexibility index (Phi) is 5.82. The van der Waals surface area contributed by atoms with Gasteiger partial charge >= 0.3 is 12.0 Å². The SMILES string of the molecule is Cc1ccc(NC(=O)N(CCC(=O)O)C(C)C)cc1Cl. The Morgan fingerprint density at radius 1 is 1.40 bits per heavy atom. The van der Waals surface area contributed by atoms with Gasteiger partial charge in [0.05, 0.1) is 6.42 Å². The third kappa shape index (κ3) is 4.74. The molecular formula is C14H19ClN2O3. The standard InChI is InChI=1S/C14H19ClN2O3/c1-9(2)17(7-6-13(18)19)14(20)16-11-5-4-10(3)12(15)8-11/h4-5,8-9H,6-7H2,1-3H3,(H,16,20)(H,18,19). The highest BCUT2D eigenvalue weighted by Crippen LogP contribution is 2.20. The molecule has 0 saturated carbocycles. The number of hydrogen-bond acceptors (Lipinski definition) is 2. The van der Waals surface area contributed by atoms with Crippen molar-refractivity contribution < 1.29 is 14.7 Å².